The molecule has 0 bridgehead atoms. The topological polar surface area (TPSA) is 117 Å². The largest absolute Gasteiger partial charge is 0.488 e. The number of hydrogen-bond acceptors (Lipinski definition) is 11. The zero-order valence-electron chi connectivity index (χ0n) is 26.4. The zero-order valence-corrected chi connectivity index (χ0v) is 27.3. The number of likely N-dealkylation sites (N-methyl/N-ethyl adjacent to an activating group) is 2. The summed E-state index contributed by atoms with van der Waals surface area (Å²) in [4.78, 5) is 20.3. The molecule has 0 aromatic carbocycles. The van der Waals surface area contributed by atoms with Crippen LogP contribution in [0.2, 0.25) is 0 Å². The quantitative estimate of drug-likeness (QED) is 0.379. The smallest absolute Gasteiger partial charge is 0.319 e. The lowest BCUT2D eigenvalue weighted by Gasteiger charge is -2.49. The Hall–Kier alpha value is -3.96. The summed E-state index contributed by atoms with van der Waals surface area (Å²) in [5, 5.41) is 9.16. The van der Waals surface area contributed by atoms with Crippen molar-refractivity contribution < 1.29 is 22.6 Å². The van der Waals surface area contributed by atoms with Crippen molar-refractivity contribution in [1.82, 2.24) is 24.8 Å². The number of halogens is 3. The van der Waals surface area contributed by atoms with Gasteiger partial charge in [-0.1, -0.05) is 11.8 Å². The molecule has 3 aliphatic carbocycles. The number of hydrogen-bond donors (Lipinski definition) is 1. The van der Waals surface area contributed by atoms with Crippen LogP contribution in [0.5, 0.6) is 6.01 Å². The van der Waals surface area contributed by atoms with Crippen LogP contribution in [0.25, 0.3) is 16.5 Å². The number of ether oxygens (including phenoxy) is 2. The van der Waals surface area contributed by atoms with E-state index in [1.165, 1.54) is 11.9 Å². The number of fused-ring (bicyclic) bond motifs is 2. The van der Waals surface area contributed by atoms with Crippen LogP contribution in [-0.2, 0) is 4.74 Å². The Morgan fingerprint density at radius 1 is 1.19 bits per heavy atom. The van der Waals surface area contributed by atoms with Crippen LogP contribution in [0.3, 0.4) is 0 Å². The van der Waals surface area contributed by atoms with Crippen LogP contribution in [0.15, 0.2) is 46.0 Å². The minimum absolute atomic E-state index is 0.0370. The molecule has 2 saturated carbocycles. The van der Waals surface area contributed by atoms with Crippen molar-refractivity contribution in [3.63, 3.8) is 0 Å². The van der Waals surface area contributed by atoms with Gasteiger partial charge in [0.25, 0.3) is 0 Å². The molecule has 2 fully saturated rings. The second kappa shape index (κ2) is 10.8. The molecule has 6 aliphatic rings. The van der Waals surface area contributed by atoms with Crippen molar-refractivity contribution in [2.24, 2.45) is 17.1 Å². The van der Waals surface area contributed by atoms with E-state index < -0.39 is 28.6 Å². The molecule has 0 saturated heterocycles. The van der Waals surface area contributed by atoms with Crippen molar-refractivity contribution in [2.75, 3.05) is 58.9 Å². The first-order chi connectivity index (χ1) is 22.5. The fourth-order valence-electron chi connectivity index (χ4n) is 7.41. The zero-order chi connectivity index (χ0) is 32.8. The van der Waals surface area contributed by atoms with Gasteiger partial charge in [0, 0.05) is 43.2 Å². The Morgan fingerprint density at radius 2 is 1.98 bits per heavy atom. The molecule has 2 atom stereocenters. The Bertz CT molecular complexity index is 1880. The number of morpholine rings is 1. The highest BCUT2D eigenvalue weighted by atomic mass is 32.2. The van der Waals surface area contributed by atoms with Gasteiger partial charge in [-0.15, -0.1) is 0 Å². The molecule has 47 heavy (non-hydrogen) atoms. The number of anilines is 1. The average molecular weight is 665 g/mol. The molecule has 0 spiro atoms. The fourth-order valence-corrected chi connectivity index (χ4v) is 8.62. The standard InChI is InChI=1S/C33H35F3N8O2S/c1-42(2)33(5-4-6-33)15-43(3)30-19-11-39-26(17-9-20(34)24(35)28-23(17)18(10-37)29(38)47-28)25(36)27(19)40-31(41-30)46-16-32(7-8-32)14-44-12-22-21(44)13-45-22/h9,11,23,28H,4-8,12-16,38H2,1-3H3. The molecule has 2 unspecified atom stereocenters. The number of nitrogens with two attached hydrogens (primary N) is 1. The average Bonchev–Trinajstić information content (AvgIpc) is 3.70. The number of aromatic nitrogens is 3. The predicted molar refractivity (Wildman–Crippen MR) is 171 cm³/mol. The van der Waals surface area contributed by atoms with Gasteiger partial charge in [0.1, 0.15) is 35.2 Å². The van der Waals surface area contributed by atoms with Crippen molar-refractivity contribution in [1.29, 1.82) is 5.26 Å². The van der Waals surface area contributed by atoms with Crippen molar-refractivity contribution >= 4 is 34.1 Å². The molecule has 246 valence electrons. The second-order valence-electron chi connectivity index (χ2n) is 13.8. The Kier molecular flexibility index (Phi) is 6.97. The van der Waals surface area contributed by atoms with Crippen LogP contribution in [0.1, 0.15) is 37.8 Å². The minimum Gasteiger partial charge on any atom is -0.488 e. The van der Waals surface area contributed by atoms with E-state index in [1.807, 2.05) is 18.0 Å². The van der Waals surface area contributed by atoms with Gasteiger partial charge in [0.15, 0.2) is 11.6 Å². The maximum absolute atomic E-state index is 16.8. The summed E-state index contributed by atoms with van der Waals surface area (Å²) < 4.78 is 58.3. The summed E-state index contributed by atoms with van der Waals surface area (Å²) >= 11 is 0.856. The third-order valence-electron chi connectivity index (χ3n) is 10.8. The summed E-state index contributed by atoms with van der Waals surface area (Å²) in [5.74, 6) is -2.45. The van der Waals surface area contributed by atoms with E-state index in [-0.39, 0.29) is 44.4 Å². The molecule has 0 amide bonds. The van der Waals surface area contributed by atoms with Gasteiger partial charge in [-0.05, 0) is 57.8 Å². The molecule has 3 aliphatic heterocycles. The lowest BCUT2D eigenvalue weighted by molar-refractivity contribution is 0.0331. The maximum Gasteiger partial charge on any atom is 0.319 e. The van der Waals surface area contributed by atoms with Crippen LogP contribution in [0, 0.1) is 28.5 Å². The van der Waals surface area contributed by atoms with E-state index in [4.69, 9.17) is 20.2 Å². The number of thioether (sulfide) groups is 1. The molecular weight excluding hydrogens is 629 g/mol. The number of allylic oxidation sites excluding steroid dienone is 4. The molecule has 14 heteroatoms. The summed E-state index contributed by atoms with van der Waals surface area (Å²) in [6, 6.07) is 2.05. The Balaban J connectivity index is 1.18. The third kappa shape index (κ3) is 4.76. The number of pyridine rings is 1. The van der Waals surface area contributed by atoms with Crippen molar-refractivity contribution in [2.45, 2.75) is 42.9 Å². The van der Waals surface area contributed by atoms with Gasteiger partial charge in [-0.2, -0.15) is 15.2 Å². The normalized spacial score (nSPS) is 25.0. The van der Waals surface area contributed by atoms with E-state index in [1.54, 1.807) is 0 Å². The van der Waals surface area contributed by atoms with Crippen LogP contribution in [0.4, 0.5) is 19.0 Å². The fraction of sp³-hybridized carbons (Fsp3) is 0.515. The highest BCUT2D eigenvalue weighted by Crippen LogP contribution is 2.53. The molecule has 10 nitrogen and oxygen atoms in total. The lowest BCUT2D eigenvalue weighted by Crippen LogP contribution is -2.56. The molecule has 2 N–H and O–H groups in total. The van der Waals surface area contributed by atoms with E-state index in [0.29, 0.717) is 31.0 Å². The monoisotopic (exact) mass is 664 g/mol. The third-order valence-corrected chi connectivity index (χ3v) is 12.0. The van der Waals surface area contributed by atoms with E-state index >= 15 is 4.39 Å². The molecule has 0 radical (unpaired) electrons. The molecule has 5 heterocycles. The minimum atomic E-state index is -1.14. The van der Waals surface area contributed by atoms with Crippen LogP contribution in [-0.4, -0.2) is 89.5 Å². The highest BCUT2D eigenvalue weighted by molar-refractivity contribution is 8.04. The molecule has 8 rings (SSSR count). The highest BCUT2D eigenvalue weighted by Gasteiger charge is 2.49. The molecule has 2 aromatic rings. The van der Waals surface area contributed by atoms with Gasteiger partial charge >= 0.3 is 6.01 Å². The number of nitrogens with zero attached hydrogens (tertiary/aromatic N) is 7. The number of rotatable bonds is 10. The van der Waals surface area contributed by atoms with Crippen molar-refractivity contribution in [3.05, 3.63) is 57.5 Å². The van der Waals surface area contributed by atoms with E-state index in [2.05, 4.69) is 33.9 Å². The first-order valence-electron chi connectivity index (χ1n) is 15.8. The van der Waals surface area contributed by atoms with Gasteiger partial charge in [-0.25, -0.2) is 13.2 Å². The van der Waals surface area contributed by atoms with E-state index in [9.17, 15) is 14.0 Å². The lowest BCUT2D eigenvalue weighted by atomic mass is 9.75. The van der Waals surface area contributed by atoms with Crippen LogP contribution >= 0.6 is 11.8 Å². The maximum atomic E-state index is 16.8. The first kappa shape index (κ1) is 30.4. The summed E-state index contributed by atoms with van der Waals surface area (Å²) in [6.45, 7) is 3.34. The number of nitriles is 1. The van der Waals surface area contributed by atoms with Gasteiger partial charge < -0.3 is 29.9 Å². The van der Waals surface area contributed by atoms with Crippen molar-refractivity contribution in [3.8, 4) is 12.1 Å². The first-order valence-corrected chi connectivity index (χ1v) is 16.7. The van der Waals surface area contributed by atoms with Gasteiger partial charge in [0.2, 0.25) is 0 Å². The summed E-state index contributed by atoms with van der Waals surface area (Å²) in [7, 11) is 6.04. The second-order valence-corrected chi connectivity index (χ2v) is 15.0. The van der Waals surface area contributed by atoms with Gasteiger partial charge in [0.05, 0.1) is 46.2 Å². The SMILES string of the molecule is CN(CC1(N(C)C)CCC1)c1nc(OCC2(CN3CC4=C3CO4)CC2)nc2c(F)c(C3=CC(F)=C(F)C4SC(N)=C(C#N)C34)ncc12. The van der Waals surface area contributed by atoms with Gasteiger partial charge in [-0.3, -0.25) is 4.98 Å². The summed E-state index contributed by atoms with van der Waals surface area (Å²) in [5.41, 5.74) is 7.03. The molecule has 2 aromatic heterocycles. The van der Waals surface area contributed by atoms with Crippen LogP contribution < -0.4 is 15.4 Å². The Labute approximate surface area is 274 Å². The predicted octanol–water partition coefficient (Wildman–Crippen LogP) is 4.77. The Morgan fingerprint density at radius 3 is 2.57 bits per heavy atom. The van der Waals surface area contributed by atoms with E-state index in [0.717, 1.165) is 68.8 Å². The molecular formula is C33H35F3N8O2S. The summed E-state index contributed by atoms with van der Waals surface area (Å²) in [6.07, 6.45) is 7.56.